The van der Waals surface area contributed by atoms with Gasteiger partial charge in [0.1, 0.15) is 0 Å². The van der Waals surface area contributed by atoms with Gasteiger partial charge in [0.15, 0.2) is 0 Å². The molecule has 2 heteroatoms. The van der Waals surface area contributed by atoms with E-state index in [1.165, 1.54) is 25.0 Å². The third kappa shape index (κ3) is 8.31. The van der Waals surface area contributed by atoms with Crippen molar-refractivity contribution in [2.45, 2.75) is 32.3 Å². The zero-order valence-electron chi connectivity index (χ0n) is 6.68. The van der Waals surface area contributed by atoms with E-state index in [1.54, 1.807) is 11.8 Å². The van der Waals surface area contributed by atoms with Gasteiger partial charge in [-0.3, -0.25) is 0 Å². The predicted octanol–water partition coefficient (Wildman–Crippen LogP) is 2.10. The Balaban J connectivity index is 2.77. The fraction of sp³-hybridized carbons (Fsp3) is 0.875. The van der Waals surface area contributed by atoms with Crippen molar-refractivity contribution in [1.82, 2.24) is 0 Å². The minimum Gasteiger partial charge on any atom is -0.392 e. The standard InChI is InChI=1S/C8H17OS/c1-3-4-5-6-10-7-8(2)9/h8-9H,2-7H2,1H3. The predicted molar refractivity (Wildman–Crippen MR) is 48.2 cm³/mol. The van der Waals surface area contributed by atoms with Crippen LogP contribution >= 0.6 is 11.8 Å². The van der Waals surface area contributed by atoms with E-state index in [2.05, 4.69) is 13.8 Å². The summed E-state index contributed by atoms with van der Waals surface area (Å²) in [6.07, 6.45) is 3.47. The molecule has 0 saturated heterocycles. The van der Waals surface area contributed by atoms with Crippen LogP contribution in [0.3, 0.4) is 0 Å². The highest BCUT2D eigenvalue weighted by molar-refractivity contribution is 7.99. The SMILES string of the molecule is [CH2]C(O)CSCCCCC. The molecule has 0 saturated carbocycles. The highest BCUT2D eigenvalue weighted by atomic mass is 32.2. The molecule has 0 aliphatic carbocycles. The number of hydrogen-bond donors (Lipinski definition) is 1. The van der Waals surface area contributed by atoms with Crippen molar-refractivity contribution in [2.75, 3.05) is 11.5 Å². The first-order valence-electron chi connectivity index (χ1n) is 3.86. The van der Waals surface area contributed by atoms with E-state index in [0.29, 0.717) is 0 Å². The maximum Gasteiger partial charge on any atom is 0.0631 e. The van der Waals surface area contributed by atoms with Crippen molar-refractivity contribution in [1.29, 1.82) is 0 Å². The average Bonchev–Trinajstić information content (AvgIpc) is 1.87. The topological polar surface area (TPSA) is 20.2 Å². The van der Waals surface area contributed by atoms with E-state index in [9.17, 15) is 0 Å². The van der Waals surface area contributed by atoms with Gasteiger partial charge in [-0.2, -0.15) is 11.8 Å². The molecule has 0 bridgehead atoms. The Bertz CT molecular complexity index is 64.3. The van der Waals surface area contributed by atoms with E-state index >= 15 is 0 Å². The zero-order chi connectivity index (χ0) is 7.82. The monoisotopic (exact) mass is 161 g/mol. The molecule has 1 nitrogen and oxygen atoms in total. The molecule has 1 unspecified atom stereocenters. The quantitative estimate of drug-likeness (QED) is 0.602. The van der Waals surface area contributed by atoms with Crippen molar-refractivity contribution < 1.29 is 5.11 Å². The van der Waals surface area contributed by atoms with E-state index in [-0.39, 0.29) is 6.10 Å². The second kappa shape index (κ2) is 7.42. The second-order valence-electron chi connectivity index (χ2n) is 2.44. The Kier molecular flexibility index (Phi) is 7.65. The minimum absolute atomic E-state index is 0.383. The number of thioether (sulfide) groups is 1. The fourth-order valence-corrected chi connectivity index (χ4v) is 1.52. The maximum atomic E-state index is 8.78. The van der Waals surface area contributed by atoms with Gasteiger partial charge in [-0.25, -0.2) is 0 Å². The molecule has 61 valence electrons. The first-order chi connectivity index (χ1) is 4.77. The molecule has 0 rings (SSSR count). The van der Waals surface area contributed by atoms with Gasteiger partial charge in [-0.15, -0.1) is 0 Å². The number of unbranched alkanes of at least 4 members (excludes halogenated alkanes) is 2. The second-order valence-corrected chi connectivity index (χ2v) is 3.59. The van der Waals surface area contributed by atoms with Crippen LogP contribution in [-0.2, 0) is 0 Å². The molecule has 0 fully saturated rings. The van der Waals surface area contributed by atoms with E-state index < -0.39 is 0 Å². The van der Waals surface area contributed by atoms with Crippen molar-refractivity contribution in [3.63, 3.8) is 0 Å². The van der Waals surface area contributed by atoms with Gasteiger partial charge in [-0.05, 0) is 19.1 Å². The van der Waals surface area contributed by atoms with Crippen LogP contribution in [0.4, 0.5) is 0 Å². The van der Waals surface area contributed by atoms with Gasteiger partial charge >= 0.3 is 0 Å². The summed E-state index contributed by atoms with van der Waals surface area (Å²) in [5, 5.41) is 8.78. The van der Waals surface area contributed by atoms with Crippen molar-refractivity contribution in [3.05, 3.63) is 6.92 Å². The Hall–Kier alpha value is 0.310. The first kappa shape index (κ1) is 10.3. The van der Waals surface area contributed by atoms with E-state index in [0.717, 1.165) is 5.75 Å². The summed E-state index contributed by atoms with van der Waals surface area (Å²) in [7, 11) is 0. The molecule has 1 N–H and O–H groups in total. The summed E-state index contributed by atoms with van der Waals surface area (Å²) >= 11 is 1.79. The third-order valence-corrected chi connectivity index (χ3v) is 2.40. The van der Waals surface area contributed by atoms with Crippen LogP contribution in [0, 0.1) is 6.92 Å². The number of rotatable bonds is 6. The Morgan fingerprint density at radius 1 is 1.50 bits per heavy atom. The minimum atomic E-state index is -0.383. The van der Waals surface area contributed by atoms with Gasteiger partial charge < -0.3 is 5.11 Å². The third-order valence-electron chi connectivity index (χ3n) is 1.20. The van der Waals surface area contributed by atoms with Crippen LogP contribution in [0.2, 0.25) is 0 Å². The summed E-state index contributed by atoms with van der Waals surface area (Å²) in [6, 6.07) is 0. The fourth-order valence-electron chi connectivity index (χ4n) is 0.673. The van der Waals surface area contributed by atoms with Gasteiger partial charge in [0, 0.05) is 5.75 Å². The van der Waals surface area contributed by atoms with Crippen LogP contribution in [0.1, 0.15) is 26.2 Å². The molecule has 0 spiro atoms. The van der Waals surface area contributed by atoms with Gasteiger partial charge in [0.25, 0.3) is 0 Å². The van der Waals surface area contributed by atoms with Crippen molar-refractivity contribution in [3.8, 4) is 0 Å². The van der Waals surface area contributed by atoms with Crippen molar-refractivity contribution >= 4 is 11.8 Å². The van der Waals surface area contributed by atoms with Crippen molar-refractivity contribution in [2.24, 2.45) is 0 Å². The summed E-state index contributed by atoms with van der Waals surface area (Å²) < 4.78 is 0. The lowest BCUT2D eigenvalue weighted by Crippen LogP contribution is -2.03. The Labute approximate surface area is 68.2 Å². The van der Waals surface area contributed by atoms with E-state index in [4.69, 9.17) is 5.11 Å². The molecule has 0 aliphatic heterocycles. The van der Waals surface area contributed by atoms with E-state index in [1.807, 2.05) is 0 Å². The number of aliphatic hydroxyl groups excluding tert-OH is 1. The Morgan fingerprint density at radius 3 is 2.70 bits per heavy atom. The summed E-state index contributed by atoms with van der Waals surface area (Å²) in [6.45, 7) is 5.69. The van der Waals surface area contributed by atoms with Crippen LogP contribution in [-0.4, -0.2) is 22.7 Å². The normalized spacial score (nSPS) is 13.5. The molecular weight excluding hydrogens is 144 g/mol. The lowest BCUT2D eigenvalue weighted by Gasteiger charge is -2.02. The van der Waals surface area contributed by atoms with Crippen LogP contribution in [0.5, 0.6) is 0 Å². The average molecular weight is 161 g/mol. The molecule has 10 heavy (non-hydrogen) atoms. The van der Waals surface area contributed by atoms with Gasteiger partial charge in [0.2, 0.25) is 0 Å². The smallest absolute Gasteiger partial charge is 0.0631 e. The molecule has 1 radical (unpaired) electrons. The molecular formula is C8H17OS. The molecule has 0 aromatic carbocycles. The number of aliphatic hydroxyl groups is 1. The highest BCUT2D eigenvalue weighted by Gasteiger charge is 1.94. The van der Waals surface area contributed by atoms with Crippen LogP contribution in [0.15, 0.2) is 0 Å². The molecule has 0 aliphatic rings. The lowest BCUT2D eigenvalue weighted by molar-refractivity contribution is 0.246. The molecule has 0 aromatic rings. The highest BCUT2D eigenvalue weighted by Crippen LogP contribution is 2.06. The maximum absolute atomic E-state index is 8.78. The van der Waals surface area contributed by atoms with Crippen LogP contribution in [0.25, 0.3) is 0 Å². The summed E-state index contributed by atoms with van der Waals surface area (Å²) in [4.78, 5) is 0. The van der Waals surface area contributed by atoms with Gasteiger partial charge in [-0.1, -0.05) is 19.8 Å². The first-order valence-corrected chi connectivity index (χ1v) is 5.01. The van der Waals surface area contributed by atoms with Crippen LogP contribution < -0.4 is 0 Å². The zero-order valence-corrected chi connectivity index (χ0v) is 7.49. The Morgan fingerprint density at radius 2 is 2.20 bits per heavy atom. The lowest BCUT2D eigenvalue weighted by atomic mass is 10.3. The molecule has 0 amide bonds. The van der Waals surface area contributed by atoms with Gasteiger partial charge in [0.05, 0.1) is 6.10 Å². The largest absolute Gasteiger partial charge is 0.392 e. The summed E-state index contributed by atoms with van der Waals surface area (Å²) in [5.74, 6) is 1.95. The molecule has 0 aromatic heterocycles. The molecule has 0 heterocycles. The number of hydrogen-bond acceptors (Lipinski definition) is 2. The summed E-state index contributed by atoms with van der Waals surface area (Å²) in [5.41, 5.74) is 0. The molecule has 1 atom stereocenters.